The predicted molar refractivity (Wildman–Crippen MR) is 102 cm³/mol. The third-order valence-corrected chi connectivity index (χ3v) is 5.46. The van der Waals surface area contributed by atoms with E-state index < -0.39 is 0 Å². The lowest BCUT2D eigenvalue weighted by Crippen LogP contribution is -2.64. The second-order valence-electron chi connectivity index (χ2n) is 6.99. The molecule has 5 rings (SSSR count). The number of anilines is 1. The van der Waals surface area contributed by atoms with Crippen LogP contribution < -0.4 is 4.90 Å². The van der Waals surface area contributed by atoms with Crippen molar-refractivity contribution in [2.24, 2.45) is 0 Å². The van der Waals surface area contributed by atoms with Crippen LogP contribution in [0, 0.1) is 11.5 Å². The number of rotatable bonds is 2. The Kier molecular flexibility index (Phi) is 3.91. The molecule has 9 nitrogen and oxygen atoms in total. The van der Waals surface area contributed by atoms with E-state index in [-0.39, 0.29) is 11.9 Å². The van der Waals surface area contributed by atoms with E-state index in [0.29, 0.717) is 25.5 Å². The first-order valence-corrected chi connectivity index (χ1v) is 9.19. The summed E-state index contributed by atoms with van der Waals surface area (Å²) in [7, 11) is 0. The Labute approximate surface area is 161 Å². The van der Waals surface area contributed by atoms with Crippen LogP contribution in [0.25, 0.3) is 22.2 Å². The maximum Gasteiger partial charge on any atom is 0.247 e. The number of fused-ring (bicyclic) bond motifs is 2. The molecule has 0 bridgehead atoms. The topological polar surface area (TPSA) is 105 Å². The number of piperazine rings is 2. The summed E-state index contributed by atoms with van der Waals surface area (Å²) in [5.74, 6) is 0.517. The fraction of sp³-hybridized carbons (Fsp3) is 0.316. The normalized spacial score (nSPS) is 20.2. The molecule has 1 aromatic carbocycles. The van der Waals surface area contributed by atoms with Crippen molar-refractivity contribution < 1.29 is 4.79 Å². The third-order valence-electron chi connectivity index (χ3n) is 5.46. The van der Waals surface area contributed by atoms with Gasteiger partial charge in [0.2, 0.25) is 5.91 Å². The molecule has 28 heavy (non-hydrogen) atoms. The van der Waals surface area contributed by atoms with Crippen molar-refractivity contribution in [1.29, 1.82) is 5.26 Å². The summed E-state index contributed by atoms with van der Waals surface area (Å²) in [5, 5.41) is 17.2. The second-order valence-corrected chi connectivity index (χ2v) is 6.99. The summed E-state index contributed by atoms with van der Waals surface area (Å²) in [6.45, 7) is 3.18. The Morgan fingerprint density at radius 1 is 1.11 bits per heavy atom. The Bertz CT molecular complexity index is 1070. The number of benzene rings is 1. The van der Waals surface area contributed by atoms with Crippen LogP contribution in [0.1, 0.15) is 0 Å². The highest BCUT2D eigenvalue weighted by Crippen LogP contribution is 2.26. The lowest BCUT2D eigenvalue weighted by atomic mass is 10.1. The van der Waals surface area contributed by atoms with Crippen LogP contribution in [0.15, 0.2) is 36.8 Å². The maximum atomic E-state index is 13.0. The summed E-state index contributed by atoms with van der Waals surface area (Å²) in [5.41, 5.74) is 2.55. The zero-order valence-electron chi connectivity index (χ0n) is 15.1. The smallest absolute Gasteiger partial charge is 0.247 e. The molecule has 2 aromatic heterocycles. The number of nitrogens with zero attached hydrogens (tertiary/aromatic N) is 7. The highest BCUT2D eigenvalue weighted by atomic mass is 16.2. The fourth-order valence-corrected chi connectivity index (χ4v) is 3.94. The van der Waals surface area contributed by atoms with E-state index in [1.165, 1.54) is 0 Å². The summed E-state index contributed by atoms with van der Waals surface area (Å²) >= 11 is 0. The minimum Gasteiger partial charge on any atom is -0.307 e. The highest BCUT2D eigenvalue weighted by molar-refractivity contribution is 5.97. The van der Waals surface area contributed by atoms with Gasteiger partial charge in [-0.05, 0) is 0 Å². The first-order valence-electron chi connectivity index (χ1n) is 9.19. The SMILES string of the molecule is N#CN1CCN2CCN(c3cnc(-c4cccc5cn[nH]c45)cn3)C(=O)[C@H]2C1. The van der Waals surface area contributed by atoms with Gasteiger partial charge in [-0.15, -0.1) is 0 Å². The van der Waals surface area contributed by atoms with Gasteiger partial charge in [-0.2, -0.15) is 10.4 Å². The summed E-state index contributed by atoms with van der Waals surface area (Å²) in [4.78, 5) is 27.5. The molecule has 2 fully saturated rings. The predicted octanol–water partition coefficient (Wildman–Crippen LogP) is 0.834. The summed E-state index contributed by atoms with van der Waals surface area (Å²) < 4.78 is 0. The van der Waals surface area contributed by atoms with E-state index in [9.17, 15) is 4.79 Å². The van der Waals surface area contributed by atoms with E-state index in [1.54, 1.807) is 28.4 Å². The van der Waals surface area contributed by atoms with Crippen LogP contribution in [-0.4, -0.2) is 74.6 Å². The van der Waals surface area contributed by atoms with E-state index in [0.717, 1.165) is 35.2 Å². The zero-order chi connectivity index (χ0) is 19.1. The largest absolute Gasteiger partial charge is 0.307 e. The fourth-order valence-electron chi connectivity index (χ4n) is 3.94. The van der Waals surface area contributed by atoms with Crippen LogP contribution >= 0.6 is 0 Å². The minimum absolute atomic E-state index is 0.0241. The van der Waals surface area contributed by atoms with E-state index in [4.69, 9.17) is 5.26 Å². The third kappa shape index (κ3) is 2.66. The Morgan fingerprint density at radius 3 is 2.82 bits per heavy atom. The molecule has 4 heterocycles. The number of hydrogen-bond donors (Lipinski definition) is 1. The van der Waals surface area contributed by atoms with Gasteiger partial charge in [0.15, 0.2) is 12.0 Å². The van der Waals surface area contributed by atoms with Gasteiger partial charge in [-0.1, -0.05) is 18.2 Å². The van der Waals surface area contributed by atoms with Crippen molar-refractivity contribution in [2.45, 2.75) is 6.04 Å². The number of carbonyl (C=O) groups excluding carboxylic acids is 1. The standard InChI is InChI=1S/C19H18N8O/c20-12-25-4-5-26-6-7-27(19(28)16(26)11-25)17-10-21-15(9-22-17)14-3-1-2-13-8-23-24-18(13)14/h1-3,8-10,16H,4-7,11H2,(H,23,24)/t16-/m1/s1. The van der Waals surface area contributed by atoms with Gasteiger partial charge >= 0.3 is 0 Å². The van der Waals surface area contributed by atoms with E-state index in [2.05, 4.69) is 31.3 Å². The Morgan fingerprint density at radius 2 is 2.00 bits per heavy atom. The lowest BCUT2D eigenvalue weighted by molar-refractivity contribution is -0.127. The van der Waals surface area contributed by atoms with Gasteiger partial charge in [-0.25, -0.2) is 4.98 Å². The molecule has 2 aliphatic rings. The average Bonchev–Trinajstić information content (AvgIpc) is 3.23. The molecular weight excluding hydrogens is 356 g/mol. The molecule has 2 aliphatic heterocycles. The molecule has 140 valence electrons. The number of para-hydroxylation sites is 1. The lowest BCUT2D eigenvalue weighted by Gasteiger charge is -2.44. The van der Waals surface area contributed by atoms with Crippen LogP contribution in [0.2, 0.25) is 0 Å². The average molecular weight is 374 g/mol. The van der Waals surface area contributed by atoms with Gasteiger partial charge in [-0.3, -0.25) is 24.7 Å². The van der Waals surface area contributed by atoms with Crippen molar-refractivity contribution in [3.8, 4) is 17.5 Å². The molecule has 1 atom stereocenters. The number of aromatic amines is 1. The molecule has 0 aliphatic carbocycles. The molecule has 0 unspecified atom stereocenters. The van der Waals surface area contributed by atoms with Crippen LogP contribution in [0.3, 0.4) is 0 Å². The number of nitriles is 1. The van der Waals surface area contributed by atoms with E-state index >= 15 is 0 Å². The van der Waals surface area contributed by atoms with Gasteiger partial charge in [0.05, 0.1) is 36.3 Å². The van der Waals surface area contributed by atoms with Crippen molar-refractivity contribution in [3.05, 3.63) is 36.8 Å². The van der Waals surface area contributed by atoms with E-state index in [1.807, 2.05) is 18.2 Å². The number of aromatic nitrogens is 4. The Balaban J connectivity index is 1.41. The number of carbonyl (C=O) groups is 1. The summed E-state index contributed by atoms with van der Waals surface area (Å²) in [6.07, 6.45) is 7.25. The molecule has 1 amide bonds. The minimum atomic E-state index is -0.303. The molecule has 0 saturated carbocycles. The Hall–Kier alpha value is -3.51. The molecule has 9 heteroatoms. The molecular formula is C19H18N8O. The van der Waals surface area contributed by atoms with Gasteiger partial charge in [0.1, 0.15) is 6.04 Å². The summed E-state index contributed by atoms with van der Waals surface area (Å²) in [6, 6.07) is 5.60. The van der Waals surface area contributed by atoms with Crippen molar-refractivity contribution in [3.63, 3.8) is 0 Å². The molecule has 3 aromatic rings. The van der Waals surface area contributed by atoms with Crippen molar-refractivity contribution in [1.82, 2.24) is 30.0 Å². The molecule has 0 radical (unpaired) electrons. The van der Waals surface area contributed by atoms with Crippen LogP contribution in [0.5, 0.6) is 0 Å². The maximum absolute atomic E-state index is 13.0. The van der Waals surface area contributed by atoms with Crippen molar-refractivity contribution >= 4 is 22.6 Å². The number of nitrogens with one attached hydrogen (secondary N) is 1. The zero-order valence-corrected chi connectivity index (χ0v) is 15.1. The van der Waals surface area contributed by atoms with Gasteiger partial charge < -0.3 is 4.90 Å². The molecule has 1 N–H and O–H groups in total. The highest BCUT2D eigenvalue weighted by Gasteiger charge is 2.39. The second kappa shape index (κ2) is 6.58. The first-order chi connectivity index (χ1) is 13.7. The van der Waals surface area contributed by atoms with Gasteiger partial charge in [0, 0.05) is 37.1 Å². The van der Waals surface area contributed by atoms with Gasteiger partial charge in [0.25, 0.3) is 0 Å². The number of amides is 1. The first kappa shape index (κ1) is 16.6. The molecule has 2 saturated heterocycles. The van der Waals surface area contributed by atoms with Crippen LogP contribution in [-0.2, 0) is 4.79 Å². The molecule has 0 spiro atoms. The number of hydrogen-bond acceptors (Lipinski definition) is 7. The quantitative estimate of drug-likeness (QED) is 0.663. The van der Waals surface area contributed by atoms with Crippen molar-refractivity contribution in [2.75, 3.05) is 37.6 Å². The number of H-pyrrole nitrogens is 1. The van der Waals surface area contributed by atoms with Crippen LogP contribution in [0.4, 0.5) is 5.82 Å². The monoisotopic (exact) mass is 374 g/mol.